The predicted octanol–water partition coefficient (Wildman–Crippen LogP) is 4.71. The van der Waals surface area contributed by atoms with Crippen molar-refractivity contribution in [2.24, 2.45) is 5.73 Å². The molecule has 0 aromatic rings. The van der Waals surface area contributed by atoms with Gasteiger partial charge in [0.05, 0.1) is 0 Å². The first-order valence-electron chi connectivity index (χ1n) is 10.1. The Morgan fingerprint density at radius 2 is 1.32 bits per heavy atom. The van der Waals surface area contributed by atoms with Gasteiger partial charge in [0.15, 0.2) is 0 Å². The molecule has 3 nitrogen and oxygen atoms in total. The van der Waals surface area contributed by atoms with Crippen molar-refractivity contribution in [1.29, 1.82) is 0 Å². The van der Waals surface area contributed by atoms with Crippen molar-refractivity contribution in [1.82, 2.24) is 10.6 Å². The molecule has 0 amide bonds. The highest BCUT2D eigenvalue weighted by atomic mass is 14.9. The summed E-state index contributed by atoms with van der Waals surface area (Å²) in [6.07, 6.45) is 15.3. The molecule has 0 aromatic heterocycles. The fourth-order valence-electron chi connectivity index (χ4n) is 2.55. The molecule has 0 saturated heterocycles. The zero-order valence-electron chi connectivity index (χ0n) is 17.3. The third-order valence-electron chi connectivity index (χ3n) is 4.23. The third kappa shape index (κ3) is 19.3. The highest BCUT2D eigenvalue weighted by molar-refractivity contribution is 5.05. The van der Waals surface area contributed by atoms with Gasteiger partial charge in [0.25, 0.3) is 0 Å². The van der Waals surface area contributed by atoms with Gasteiger partial charge in [-0.1, -0.05) is 34.9 Å². The summed E-state index contributed by atoms with van der Waals surface area (Å²) in [7, 11) is 0. The minimum Gasteiger partial charge on any atom is -0.330 e. The van der Waals surface area contributed by atoms with Gasteiger partial charge in [0.2, 0.25) is 0 Å². The fourth-order valence-corrected chi connectivity index (χ4v) is 2.55. The molecule has 0 fully saturated rings. The number of hydrogen-bond acceptors (Lipinski definition) is 3. The molecule has 0 spiro atoms. The van der Waals surface area contributed by atoms with Crippen LogP contribution in [-0.2, 0) is 0 Å². The van der Waals surface area contributed by atoms with Crippen LogP contribution in [0.3, 0.4) is 0 Å². The molecule has 0 aliphatic rings. The Labute approximate surface area is 157 Å². The highest BCUT2D eigenvalue weighted by Gasteiger charge is 1.93. The predicted molar refractivity (Wildman–Crippen MR) is 114 cm³/mol. The monoisotopic (exact) mass is 349 g/mol. The van der Waals surface area contributed by atoms with Gasteiger partial charge in [-0.2, -0.15) is 0 Å². The van der Waals surface area contributed by atoms with Crippen LogP contribution in [-0.4, -0.2) is 32.7 Å². The fraction of sp³-hybridized carbons (Fsp3) is 0.727. The van der Waals surface area contributed by atoms with E-state index in [-0.39, 0.29) is 0 Å². The van der Waals surface area contributed by atoms with Crippen molar-refractivity contribution in [2.75, 3.05) is 32.7 Å². The van der Waals surface area contributed by atoms with Crippen molar-refractivity contribution >= 4 is 0 Å². The van der Waals surface area contributed by atoms with E-state index in [2.05, 4.69) is 56.6 Å². The van der Waals surface area contributed by atoms with Crippen LogP contribution in [0.15, 0.2) is 34.9 Å². The number of allylic oxidation sites excluding steroid dienone is 5. The molecule has 4 N–H and O–H groups in total. The van der Waals surface area contributed by atoms with Crippen LogP contribution >= 0.6 is 0 Å². The van der Waals surface area contributed by atoms with E-state index >= 15 is 0 Å². The smallest absolute Gasteiger partial charge is 0.0137 e. The van der Waals surface area contributed by atoms with Crippen LogP contribution in [0.4, 0.5) is 0 Å². The molecule has 0 unspecified atom stereocenters. The summed E-state index contributed by atoms with van der Waals surface area (Å²) in [5.74, 6) is 0. The van der Waals surface area contributed by atoms with Gasteiger partial charge in [0, 0.05) is 6.54 Å². The normalized spacial score (nSPS) is 12.5. The first kappa shape index (κ1) is 24.1. The second kappa shape index (κ2) is 17.9. The molecule has 0 atom stereocenters. The third-order valence-corrected chi connectivity index (χ3v) is 4.23. The first-order chi connectivity index (χ1) is 12.1. The quantitative estimate of drug-likeness (QED) is 0.279. The van der Waals surface area contributed by atoms with Crippen LogP contribution in [0.25, 0.3) is 0 Å². The number of nitrogens with two attached hydrogens (primary N) is 1. The lowest BCUT2D eigenvalue weighted by Gasteiger charge is -2.05. The summed E-state index contributed by atoms with van der Waals surface area (Å²) in [6.45, 7) is 13.9. The Morgan fingerprint density at radius 1 is 0.720 bits per heavy atom. The summed E-state index contributed by atoms with van der Waals surface area (Å²) in [4.78, 5) is 0. The van der Waals surface area contributed by atoms with E-state index in [4.69, 9.17) is 5.73 Å². The molecule has 0 aliphatic heterocycles. The van der Waals surface area contributed by atoms with Crippen LogP contribution in [0.1, 0.15) is 72.6 Å². The SMILES string of the molecule is CC(C)=CCC/C(C)=C/CC/C(C)=C/CNCCCNCCCCN. The lowest BCUT2D eigenvalue weighted by molar-refractivity contribution is 0.588. The lowest BCUT2D eigenvalue weighted by Crippen LogP contribution is -2.23. The Bertz CT molecular complexity index is 390. The molecule has 25 heavy (non-hydrogen) atoms. The largest absolute Gasteiger partial charge is 0.330 e. The maximum absolute atomic E-state index is 5.47. The molecule has 0 saturated carbocycles. The van der Waals surface area contributed by atoms with Gasteiger partial charge < -0.3 is 16.4 Å². The van der Waals surface area contributed by atoms with Crippen molar-refractivity contribution < 1.29 is 0 Å². The minimum absolute atomic E-state index is 0.806. The molecule has 0 heterocycles. The molecule has 0 radical (unpaired) electrons. The Hall–Kier alpha value is -0.900. The van der Waals surface area contributed by atoms with Crippen LogP contribution in [0.5, 0.6) is 0 Å². The standard InChI is InChI=1S/C22H43N3/c1-20(2)10-7-11-21(3)12-8-13-22(4)14-19-25-18-9-17-24-16-6-5-15-23/h10,12,14,24-25H,5-9,11,13,15-19,23H2,1-4H3/b21-12+,22-14+. The second-order valence-corrected chi connectivity index (χ2v) is 7.26. The summed E-state index contributed by atoms with van der Waals surface area (Å²) in [6, 6.07) is 0. The van der Waals surface area contributed by atoms with E-state index < -0.39 is 0 Å². The van der Waals surface area contributed by atoms with Gasteiger partial charge >= 0.3 is 0 Å². The van der Waals surface area contributed by atoms with Gasteiger partial charge in [-0.25, -0.2) is 0 Å². The summed E-state index contributed by atoms with van der Waals surface area (Å²) >= 11 is 0. The zero-order valence-corrected chi connectivity index (χ0v) is 17.3. The van der Waals surface area contributed by atoms with Crippen LogP contribution in [0, 0.1) is 0 Å². The van der Waals surface area contributed by atoms with Crippen LogP contribution in [0.2, 0.25) is 0 Å². The first-order valence-corrected chi connectivity index (χ1v) is 10.1. The summed E-state index contributed by atoms with van der Waals surface area (Å²) < 4.78 is 0. The van der Waals surface area contributed by atoms with Crippen molar-refractivity contribution in [3.8, 4) is 0 Å². The van der Waals surface area contributed by atoms with Gasteiger partial charge in [-0.15, -0.1) is 0 Å². The van der Waals surface area contributed by atoms with Gasteiger partial charge in [0.1, 0.15) is 0 Å². The molecule has 0 bridgehead atoms. The maximum atomic E-state index is 5.47. The second-order valence-electron chi connectivity index (χ2n) is 7.26. The van der Waals surface area contributed by atoms with E-state index in [1.54, 1.807) is 0 Å². The van der Waals surface area contributed by atoms with E-state index in [1.807, 2.05) is 0 Å². The molecule has 0 rings (SSSR count). The van der Waals surface area contributed by atoms with Crippen molar-refractivity contribution in [2.45, 2.75) is 72.6 Å². The van der Waals surface area contributed by atoms with E-state index in [9.17, 15) is 0 Å². The Kier molecular flexibility index (Phi) is 17.3. The van der Waals surface area contributed by atoms with Gasteiger partial charge in [-0.05, 0) is 98.8 Å². The molecule has 146 valence electrons. The average molecular weight is 350 g/mol. The number of rotatable bonds is 16. The van der Waals surface area contributed by atoms with Crippen LogP contribution < -0.4 is 16.4 Å². The lowest BCUT2D eigenvalue weighted by atomic mass is 10.1. The van der Waals surface area contributed by atoms with E-state index in [0.29, 0.717) is 0 Å². The number of unbranched alkanes of at least 4 members (excludes halogenated alkanes) is 1. The number of nitrogens with one attached hydrogen (secondary N) is 2. The minimum atomic E-state index is 0.806. The van der Waals surface area contributed by atoms with E-state index in [1.165, 1.54) is 48.8 Å². The summed E-state index contributed by atoms with van der Waals surface area (Å²) in [5.41, 5.74) is 9.90. The molecule has 0 aliphatic carbocycles. The molecule has 3 heteroatoms. The molecular formula is C22H43N3. The van der Waals surface area contributed by atoms with Crippen molar-refractivity contribution in [3.63, 3.8) is 0 Å². The van der Waals surface area contributed by atoms with Gasteiger partial charge in [-0.3, -0.25) is 0 Å². The molecular weight excluding hydrogens is 306 g/mol. The number of hydrogen-bond donors (Lipinski definition) is 3. The Morgan fingerprint density at radius 3 is 2.00 bits per heavy atom. The summed E-state index contributed by atoms with van der Waals surface area (Å²) in [5, 5.41) is 6.96. The highest BCUT2D eigenvalue weighted by Crippen LogP contribution is 2.11. The molecule has 0 aromatic carbocycles. The zero-order chi connectivity index (χ0) is 18.8. The topological polar surface area (TPSA) is 50.1 Å². The Balaban J connectivity index is 3.57. The average Bonchev–Trinajstić information content (AvgIpc) is 2.56. The van der Waals surface area contributed by atoms with E-state index in [0.717, 1.165) is 45.6 Å². The van der Waals surface area contributed by atoms with Crippen molar-refractivity contribution in [3.05, 3.63) is 34.9 Å². The maximum Gasteiger partial charge on any atom is 0.0137 e.